The molecule has 0 unspecified atom stereocenters. The quantitative estimate of drug-likeness (QED) is 0.701. The second kappa shape index (κ2) is 9.91. The van der Waals surface area contributed by atoms with Crippen molar-refractivity contribution in [2.24, 2.45) is 0 Å². The summed E-state index contributed by atoms with van der Waals surface area (Å²) >= 11 is 11.3. The summed E-state index contributed by atoms with van der Waals surface area (Å²) in [5.74, 6) is -0.108. The molecule has 30 heavy (non-hydrogen) atoms. The van der Waals surface area contributed by atoms with Crippen molar-refractivity contribution in [3.63, 3.8) is 0 Å². The number of hydrogen-bond donors (Lipinski definition) is 2. The topological polar surface area (TPSA) is 64.7 Å². The predicted molar refractivity (Wildman–Crippen MR) is 125 cm³/mol. The number of thiocarbonyl (C=S) groups is 1. The fourth-order valence-corrected chi connectivity index (χ4v) is 3.66. The van der Waals surface area contributed by atoms with Gasteiger partial charge in [-0.15, -0.1) is 0 Å². The smallest absolute Gasteiger partial charge is 0.257 e. The maximum absolute atomic E-state index is 12.3. The van der Waals surface area contributed by atoms with Crippen LogP contribution in [-0.2, 0) is 4.79 Å². The Morgan fingerprint density at radius 2 is 1.73 bits per heavy atom. The Morgan fingerprint density at radius 1 is 1.07 bits per heavy atom. The Bertz CT molecular complexity index is 941. The summed E-state index contributed by atoms with van der Waals surface area (Å²) in [4.78, 5) is 28.3. The minimum Gasteiger partial charge on any atom is -0.368 e. The van der Waals surface area contributed by atoms with Crippen molar-refractivity contribution in [3.05, 3.63) is 58.6 Å². The average molecular weight is 445 g/mol. The van der Waals surface area contributed by atoms with E-state index in [1.165, 1.54) is 0 Å². The number of hydrogen-bond acceptors (Lipinski definition) is 4. The Balaban J connectivity index is 1.53. The molecule has 1 heterocycles. The fraction of sp³-hybridized carbons (Fsp3) is 0.318. The van der Waals surface area contributed by atoms with Crippen LogP contribution in [0.3, 0.4) is 0 Å². The molecule has 1 aliphatic rings. The SMILES string of the molecule is CCC(=O)N1CCN(c2ccc(NC(=S)NC(=O)c3ccc(C)c(Cl)c3)cc2)CC1. The van der Waals surface area contributed by atoms with Gasteiger partial charge in [0.1, 0.15) is 0 Å². The molecule has 2 N–H and O–H groups in total. The van der Waals surface area contributed by atoms with E-state index in [2.05, 4.69) is 15.5 Å². The molecule has 0 aliphatic carbocycles. The largest absolute Gasteiger partial charge is 0.368 e. The van der Waals surface area contributed by atoms with Crippen LogP contribution in [0.25, 0.3) is 0 Å². The van der Waals surface area contributed by atoms with Crippen LogP contribution in [0.5, 0.6) is 0 Å². The minimum atomic E-state index is -0.314. The molecule has 0 bridgehead atoms. The van der Waals surface area contributed by atoms with Gasteiger partial charge in [-0.25, -0.2) is 0 Å². The molecule has 1 aliphatic heterocycles. The molecule has 2 aromatic rings. The van der Waals surface area contributed by atoms with Gasteiger partial charge in [0.2, 0.25) is 5.91 Å². The lowest BCUT2D eigenvalue weighted by Gasteiger charge is -2.36. The van der Waals surface area contributed by atoms with E-state index < -0.39 is 0 Å². The number of carbonyl (C=O) groups excluding carboxylic acids is 2. The van der Waals surface area contributed by atoms with Crippen LogP contribution < -0.4 is 15.5 Å². The molecule has 0 radical (unpaired) electrons. The number of amides is 2. The molecule has 2 aromatic carbocycles. The summed E-state index contributed by atoms with van der Waals surface area (Å²) in [6.45, 7) is 6.88. The third-order valence-electron chi connectivity index (χ3n) is 5.09. The van der Waals surface area contributed by atoms with Crippen LogP contribution in [0.15, 0.2) is 42.5 Å². The fourth-order valence-electron chi connectivity index (χ4n) is 3.26. The van der Waals surface area contributed by atoms with Crippen molar-refractivity contribution in [2.75, 3.05) is 36.4 Å². The van der Waals surface area contributed by atoms with Gasteiger partial charge in [-0.3, -0.25) is 14.9 Å². The molecule has 158 valence electrons. The van der Waals surface area contributed by atoms with E-state index in [0.717, 1.165) is 43.1 Å². The number of carbonyl (C=O) groups is 2. The standard InChI is InChI=1S/C22H25ClN4O2S/c1-3-20(28)27-12-10-26(11-13-27)18-8-6-17(7-9-18)24-22(30)25-21(29)16-5-4-15(2)19(23)14-16/h4-9,14H,3,10-13H2,1-2H3,(H2,24,25,29,30). The highest BCUT2D eigenvalue weighted by molar-refractivity contribution is 7.80. The normalized spacial score (nSPS) is 13.7. The number of rotatable bonds is 4. The van der Waals surface area contributed by atoms with Gasteiger partial charge in [0.25, 0.3) is 5.91 Å². The Morgan fingerprint density at radius 3 is 2.33 bits per heavy atom. The van der Waals surface area contributed by atoms with Crippen molar-refractivity contribution in [2.45, 2.75) is 20.3 Å². The molecule has 1 fully saturated rings. The van der Waals surface area contributed by atoms with Crippen molar-refractivity contribution in [1.82, 2.24) is 10.2 Å². The number of halogens is 1. The Kier molecular flexibility index (Phi) is 7.29. The van der Waals surface area contributed by atoms with E-state index in [4.69, 9.17) is 23.8 Å². The number of anilines is 2. The van der Waals surface area contributed by atoms with Crippen LogP contribution in [0, 0.1) is 6.92 Å². The summed E-state index contributed by atoms with van der Waals surface area (Å²) in [6.07, 6.45) is 0.549. The van der Waals surface area contributed by atoms with Crippen molar-refractivity contribution >= 4 is 52.1 Å². The van der Waals surface area contributed by atoms with Crippen molar-refractivity contribution in [1.29, 1.82) is 0 Å². The molecular formula is C22H25ClN4O2S. The zero-order chi connectivity index (χ0) is 21.7. The highest BCUT2D eigenvalue weighted by Gasteiger charge is 2.20. The minimum absolute atomic E-state index is 0.206. The van der Waals surface area contributed by atoms with E-state index >= 15 is 0 Å². The maximum Gasteiger partial charge on any atom is 0.257 e. The zero-order valence-corrected chi connectivity index (χ0v) is 18.6. The van der Waals surface area contributed by atoms with Gasteiger partial charge in [0.15, 0.2) is 5.11 Å². The van der Waals surface area contributed by atoms with Gasteiger partial charge < -0.3 is 15.1 Å². The van der Waals surface area contributed by atoms with Gasteiger partial charge in [-0.05, 0) is 61.1 Å². The van der Waals surface area contributed by atoms with Crippen molar-refractivity contribution < 1.29 is 9.59 Å². The van der Waals surface area contributed by atoms with Crippen LogP contribution in [0.2, 0.25) is 5.02 Å². The summed E-state index contributed by atoms with van der Waals surface area (Å²) < 4.78 is 0. The van der Waals surface area contributed by atoms with E-state index in [1.807, 2.05) is 43.0 Å². The molecule has 3 rings (SSSR count). The van der Waals surface area contributed by atoms with E-state index in [9.17, 15) is 9.59 Å². The second-order valence-corrected chi connectivity index (χ2v) is 7.96. The second-order valence-electron chi connectivity index (χ2n) is 7.14. The zero-order valence-electron chi connectivity index (χ0n) is 17.1. The number of piperazine rings is 1. The van der Waals surface area contributed by atoms with Crippen molar-refractivity contribution in [3.8, 4) is 0 Å². The molecular weight excluding hydrogens is 420 g/mol. The lowest BCUT2D eigenvalue weighted by molar-refractivity contribution is -0.131. The predicted octanol–water partition coefficient (Wildman–Crippen LogP) is 3.83. The third kappa shape index (κ3) is 5.49. The molecule has 0 aromatic heterocycles. The van der Waals surface area contributed by atoms with Gasteiger partial charge in [0, 0.05) is 54.6 Å². The first kappa shape index (κ1) is 22.1. The van der Waals surface area contributed by atoms with Gasteiger partial charge in [0.05, 0.1) is 0 Å². The van der Waals surface area contributed by atoms with Gasteiger partial charge in [-0.1, -0.05) is 24.6 Å². The summed E-state index contributed by atoms with van der Waals surface area (Å²) in [7, 11) is 0. The number of nitrogens with one attached hydrogen (secondary N) is 2. The average Bonchev–Trinajstić information content (AvgIpc) is 2.75. The summed E-state index contributed by atoms with van der Waals surface area (Å²) in [6, 6.07) is 13.0. The Hall–Kier alpha value is -2.64. The summed E-state index contributed by atoms with van der Waals surface area (Å²) in [5.41, 5.74) is 3.23. The lowest BCUT2D eigenvalue weighted by Crippen LogP contribution is -2.48. The van der Waals surface area contributed by atoms with Crippen LogP contribution in [0.1, 0.15) is 29.3 Å². The van der Waals surface area contributed by atoms with E-state index in [-0.39, 0.29) is 16.9 Å². The summed E-state index contributed by atoms with van der Waals surface area (Å²) in [5, 5.41) is 6.45. The number of aryl methyl sites for hydroxylation is 1. The van der Waals surface area contributed by atoms with Crippen LogP contribution in [0.4, 0.5) is 11.4 Å². The van der Waals surface area contributed by atoms with Crippen LogP contribution >= 0.6 is 23.8 Å². The number of nitrogens with zero attached hydrogens (tertiary/aromatic N) is 2. The molecule has 0 saturated carbocycles. The molecule has 8 heteroatoms. The van der Waals surface area contributed by atoms with E-state index in [1.54, 1.807) is 18.2 Å². The highest BCUT2D eigenvalue weighted by atomic mass is 35.5. The molecule has 0 atom stereocenters. The number of benzene rings is 2. The van der Waals surface area contributed by atoms with E-state index in [0.29, 0.717) is 17.0 Å². The Labute approximate surface area is 187 Å². The third-order valence-corrected chi connectivity index (χ3v) is 5.70. The van der Waals surface area contributed by atoms with Gasteiger partial charge >= 0.3 is 0 Å². The molecule has 1 saturated heterocycles. The monoisotopic (exact) mass is 444 g/mol. The highest BCUT2D eigenvalue weighted by Crippen LogP contribution is 2.20. The first-order chi connectivity index (χ1) is 14.4. The molecule has 0 spiro atoms. The first-order valence-electron chi connectivity index (χ1n) is 9.88. The first-order valence-corrected chi connectivity index (χ1v) is 10.7. The lowest BCUT2D eigenvalue weighted by atomic mass is 10.1. The van der Waals surface area contributed by atoms with Gasteiger partial charge in [-0.2, -0.15) is 0 Å². The molecule has 2 amide bonds. The van der Waals surface area contributed by atoms with Crippen LogP contribution in [-0.4, -0.2) is 48.0 Å². The molecule has 6 nitrogen and oxygen atoms in total. The maximum atomic E-state index is 12.3.